The Morgan fingerprint density at radius 2 is 1.56 bits per heavy atom. The third-order valence-electron chi connectivity index (χ3n) is 16.3. The second kappa shape index (κ2) is 28.5. The summed E-state index contributed by atoms with van der Waals surface area (Å²) in [5, 5.41) is 77.2. The fraction of sp³-hybridized carbons (Fsp3) is 0.621. The fourth-order valence-corrected chi connectivity index (χ4v) is 12.7. The van der Waals surface area contributed by atoms with Crippen LogP contribution in [0.5, 0.6) is 0 Å². The molecule has 1 aromatic heterocycles. The van der Waals surface area contributed by atoms with E-state index in [1.165, 1.54) is 25.1 Å². The first-order valence-corrected chi connectivity index (χ1v) is 29.9. The van der Waals surface area contributed by atoms with Crippen molar-refractivity contribution >= 4 is 50.2 Å². The molecule has 23 nitrogen and oxygen atoms in total. The van der Waals surface area contributed by atoms with Crippen molar-refractivity contribution in [2.45, 2.75) is 208 Å². The van der Waals surface area contributed by atoms with Crippen LogP contribution in [0.1, 0.15) is 125 Å². The lowest BCUT2D eigenvalue weighted by atomic mass is 9.75. The summed E-state index contributed by atoms with van der Waals surface area (Å²) in [6, 6.07) is 16.0. The third-order valence-corrected chi connectivity index (χ3v) is 17.1. The number of aliphatic hydroxyl groups excluding tert-OH is 5. The lowest BCUT2D eigenvalue weighted by Gasteiger charge is -2.48. The number of hydrogen-bond acceptors (Lipinski definition) is 19. The molecule has 0 bridgehead atoms. The summed E-state index contributed by atoms with van der Waals surface area (Å²) in [6.07, 6.45) is -9.15. The van der Waals surface area contributed by atoms with Gasteiger partial charge in [-0.2, -0.15) is 8.42 Å². The number of carbonyl (C=O) groups is 4. The maximum atomic E-state index is 14.2. The minimum Gasteiger partial charge on any atom is -0.479 e. The van der Waals surface area contributed by atoms with Gasteiger partial charge >= 0.3 is 11.9 Å². The van der Waals surface area contributed by atoms with Crippen LogP contribution in [-0.2, 0) is 65.9 Å². The Bertz CT molecular complexity index is 2910. The number of anilines is 1. The molecule has 0 spiro atoms. The summed E-state index contributed by atoms with van der Waals surface area (Å²) in [5.74, 6) is -3.69. The fourth-order valence-electron chi connectivity index (χ4n) is 11.8. The molecule has 2 saturated carbocycles. The van der Waals surface area contributed by atoms with Gasteiger partial charge in [0.25, 0.3) is 10.1 Å². The summed E-state index contributed by atoms with van der Waals surface area (Å²) in [4.78, 5) is 53.7. The number of aliphatic hydroxyl groups is 5. The molecule has 4 aliphatic rings. The highest BCUT2D eigenvalue weighted by atomic mass is 32.2. The van der Waals surface area contributed by atoms with Gasteiger partial charge < -0.3 is 64.4 Å². The molecular weight excluding hydrogens is 1090 g/mol. The molecule has 4 aromatic rings. The van der Waals surface area contributed by atoms with Gasteiger partial charge in [-0.25, -0.2) is 9.59 Å². The number of carbonyl (C=O) groups excluding carboxylic acids is 3. The van der Waals surface area contributed by atoms with Crippen molar-refractivity contribution in [1.29, 1.82) is 0 Å². The number of aromatic nitrogens is 3. The van der Waals surface area contributed by atoms with Gasteiger partial charge in [-0.15, -0.1) is 5.10 Å². The number of ketones is 1. The molecule has 3 heterocycles. The van der Waals surface area contributed by atoms with E-state index in [4.69, 9.17) is 28.4 Å². The molecule has 0 radical (unpaired) electrons. The number of hydrogen-bond donors (Lipinski definition) is 8. The number of esters is 1. The number of unbranched alkanes of at least 4 members (excludes halogenated alkanes) is 2. The lowest BCUT2D eigenvalue weighted by molar-refractivity contribution is -0.349. The number of aliphatic carboxylic acids is 1. The predicted molar refractivity (Wildman–Crippen MR) is 292 cm³/mol. The molecule has 1 amide bonds. The van der Waals surface area contributed by atoms with Crippen LogP contribution in [0.2, 0.25) is 0 Å². The van der Waals surface area contributed by atoms with E-state index in [0.717, 1.165) is 32.1 Å². The first kappa shape index (κ1) is 62.7. The van der Waals surface area contributed by atoms with Crippen molar-refractivity contribution in [1.82, 2.24) is 15.0 Å². The molecular formula is C58H78N4O19S. The number of aryl methyl sites for hydroxylation is 3. The van der Waals surface area contributed by atoms with Crippen LogP contribution in [0.25, 0.3) is 10.8 Å². The van der Waals surface area contributed by atoms with Gasteiger partial charge in [0.05, 0.1) is 36.2 Å². The van der Waals surface area contributed by atoms with Gasteiger partial charge in [0.1, 0.15) is 47.3 Å². The molecule has 8 rings (SSSR count). The van der Waals surface area contributed by atoms with Crippen LogP contribution in [0, 0.1) is 24.7 Å². The molecule has 2 aliphatic heterocycles. The summed E-state index contributed by atoms with van der Waals surface area (Å²) in [5.41, 5.74) is 1.73. The average molecular weight is 1170 g/mol. The minimum absolute atomic E-state index is 0.00173. The quantitative estimate of drug-likeness (QED) is 0.0250. The van der Waals surface area contributed by atoms with Crippen LogP contribution in [0.4, 0.5) is 5.69 Å². The molecule has 4 fully saturated rings. The number of carboxylic acid groups (broad SMARTS) is 1. The number of ether oxygens (including phenoxy) is 6. The Morgan fingerprint density at radius 1 is 0.817 bits per heavy atom. The van der Waals surface area contributed by atoms with Crippen LogP contribution in [0.3, 0.4) is 0 Å². The van der Waals surface area contributed by atoms with Crippen LogP contribution < -0.4 is 5.32 Å². The molecule has 15 atom stereocenters. The molecule has 2 aliphatic carbocycles. The predicted octanol–water partition coefficient (Wildman–Crippen LogP) is 4.83. The summed E-state index contributed by atoms with van der Waals surface area (Å²) < 4.78 is 73.6. The second-order valence-electron chi connectivity index (χ2n) is 22.5. The number of benzene rings is 3. The zero-order valence-corrected chi connectivity index (χ0v) is 47.2. The normalized spacial score (nSPS) is 29.5. The smallest absolute Gasteiger partial charge is 0.338 e. The Balaban J connectivity index is 0.915. The van der Waals surface area contributed by atoms with Gasteiger partial charge in [0.2, 0.25) is 5.91 Å². The number of carboxylic acids is 1. The maximum absolute atomic E-state index is 14.2. The van der Waals surface area contributed by atoms with E-state index in [1.807, 2.05) is 6.92 Å². The summed E-state index contributed by atoms with van der Waals surface area (Å²) in [7, 11) is -4.57. The Labute approximate surface area is 476 Å². The van der Waals surface area contributed by atoms with Gasteiger partial charge in [0.15, 0.2) is 24.8 Å². The van der Waals surface area contributed by atoms with Crippen LogP contribution >= 0.6 is 0 Å². The Kier molecular flexibility index (Phi) is 21.8. The van der Waals surface area contributed by atoms with E-state index < -0.39 is 120 Å². The maximum Gasteiger partial charge on any atom is 0.338 e. The highest BCUT2D eigenvalue weighted by molar-refractivity contribution is 7.86. The molecule has 24 heteroatoms. The minimum atomic E-state index is -4.57. The van der Waals surface area contributed by atoms with E-state index >= 15 is 0 Å². The number of Topliss-reactive ketones (excluding diaryl/α,β-unsaturated/α-hetero) is 1. The zero-order valence-electron chi connectivity index (χ0n) is 46.4. The van der Waals surface area contributed by atoms with Crippen molar-refractivity contribution < 1.29 is 91.2 Å². The van der Waals surface area contributed by atoms with E-state index in [2.05, 4.69) is 15.6 Å². The molecule has 2 saturated heterocycles. The van der Waals surface area contributed by atoms with Gasteiger partial charge in [-0.1, -0.05) is 80.6 Å². The zero-order chi connectivity index (χ0) is 58.8. The van der Waals surface area contributed by atoms with Gasteiger partial charge in [0, 0.05) is 42.6 Å². The highest BCUT2D eigenvalue weighted by Gasteiger charge is 2.54. The summed E-state index contributed by atoms with van der Waals surface area (Å²) in [6.45, 7) is 4.72. The van der Waals surface area contributed by atoms with E-state index in [0.29, 0.717) is 61.7 Å². The topological polar surface area (TPSA) is 342 Å². The first-order valence-electron chi connectivity index (χ1n) is 28.5. The van der Waals surface area contributed by atoms with Crippen LogP contribution in [-0.4, -0.2) is 169 Å². The lowest BCUT2D eigenvalue weighted by Crippen LogP contribution is -2.64. The van der Waals surface area contributed by atoms with Gasteiger partial charge in [-0.05, 0) is 112 Å². The van der Waals surface area contributed by atoms with E-state index in [9.17, 15) is 62.8 Å². The van der Waals surface area contributed by atoms with Crippen LogP contribution in [0.15, 0.2) is 71.8 Å². The number of fused-ring (bicyclic) bond motifs is 1. The molecule has 8 N–H and O–H groups in total. The Morgan fingerprint density at radius 3 is 2.28 bits per heavy atom. The molecule has 450 valence electrons. The second-order valence-corrected chi connectivity index (χ2v) is 23.9. The SMILES string of the molecule is Cc1cc(S(=O)(=O)O)c2c(NC(=O)CCCCn3cc(CCCCC(=O)C4CC(C)C(OC5OC(C)C(O)C(O)C5O)C(OC5OC(CO)C(O)C(O[C@@H](CC6CCCCC6)C(=O)O)C5OC(=O)c5ccccc5)C4)nn3)cccc2c1. The van der Waals surface area contributed by atoms with Gasteiger partial charge in [-0.3, -0.25) is 18.8 Å². The third kappa shape index (κ3) is 15.9. The summed E-state index contributed by atoms with van der Waals surface area (Å²) >= 11 is 0. The number of nitrogens with one attached hydrogen (secondary N) is 1. The largest absolute Gasteiger partial charge is 0.479 e. The monoisotopic (exact) mass is 1170 g/mol. The number of nitrogens with zero attached hydrogens (tertiary/aromatic N) is 3. The number of amides is 1. The molecule has 82 heavy (non-hydrogen) atoms. The van der Waals surface area contributed by atoms with Crippen molar-refractivity contribution in [2.24, 2.45) is 17.8 Å². The Hall–Kier alpha value is -5.35. The molecule has 14 unspecified atom stereocenters. The van der Waals surface area contributed by atoms with Crippen molar-refractivity contribution in [2.75, 3.05) is 11.9 Å². The standard InChI is InChI=1S/C58H78N4O19S/c1-32-25-37-19-14-21-40(47(37)45(26-32)82(73,74)75)59-46(65)23-12-13-24-62-30-39(60-61-62)20-10-11-22-41(64)38-27-33(2)52(81-57-51(69)50(68)48(66)34(3)76-57)42(29-38)78-58-54(80-56(72)36-17-8-5-9-18-36)53(49(67)44(31-63)79-58)77-43(55(70)71)28-35-15-6-4-7-16-35/h5,8-9,14,17-19,21,25-26,30,33-35,38,42-44,48-54,57-58,63,66-69H,4,6-7,10-13,15-16,20,22-24,27-29,31H2,1-3H3,(H,59,65)(H,70,71)(H,73,74,75)/t33?,34?,38?,42?,43-,44?,48?,49?,50?,51?,52?,53?,54?,57?,58?/m0/s1. The average Bonchev–Trinajstić information content (AvgIpc) is 3.98. The van der Waals surface area contributed by atoms with Crippen molar-refractivity contribution in [3.63, 3.8) is 0 Å². The molecule has 3 aromatic carbocycles. The highest BCUT2D eigenvalue weighted by Crippen LogP contribution is 2.40. The number of rotatable bonds is 25. The van der Waals surface area contributed by atoms with E-state index in [1.54, 1.807) is 60.3 Å². The van der Waals surface area contributed by atoms with Crippen molar-refractivity contribution in [3.05, 3.63) is 83.7 Å². The van der Waals surface area contributed by atoms with Crippen molar-refractivity contribution in [3.8, 4) is 0 Å². The first-order chi connectivity index (χ1) is 39.2. The van der Waals surface area contributed by atoms with E-state index in [-0.39, 0.29) is 64.8 Å².